The quantitative estimate of drug-likeness (QED) is 0.674. The van der Waals surface area contributed by atoms with Gasteiger partial charge in [-0.05, 0) is 30.2 Å². The second kappa shape index (κ2) is 6.36. The van der Waals surface area contributed by atoms with Crippen molar-refractivity contribution < 1.29 is 14.8 Å². The van der Waals surface area contributed by atoms with Gasteiger partial charge in [-0.3, -0.25) is 14.9 Å². The van der Waals surface area contributed by atoms with E-state index >= 15 is 0 Å². The largest absolute Gasteiger partial charge is 0.481 e. The minimum Gasteiger partial charge on any atom is -0.481 e. The van der Waals surface area contributed by atoms with Gasteiger partial charge in [-0.1, -0.05) is 23.9 Å². The molecule has 0 aliphatic heterocycles. The smallest absolute Gasteiger partial charge is 0.307 e. The number of hydrogen-bond donors (Lipinski definition) is 1. The molecular formula is C14H12N2O4S. The highest BCUT2D eigenvalue weighted by Gasteiger charge is 2.10. The number of carboxylic acids is 1. The van der Waals surface area contributed by atoms with Crippen LogP contribution < -0.4 is 0 Å². The summed E-state index contributed by atoms with van der Waals surface area (Å²) in [4.78, 5) is 25.8. The first-order chi connectivity index (χ1) is 9.95. The molecule has 1 N–H and O–H groups in total. The molecule has 0 saturated carbocycles. The summed E-state index contributed by atoms with van der Waals surface area (Å²) in [5.41, 5.74) is 1.41. The van der Waals surface area contributed by atoms with Gasteiger partial charge in [0.2, 0.25) is 0 Å². The van der Waals surface area contributed by atoms with Gasteiger partial charge in [-0.25, -0.2) is 4.98 Å². The molecule has 1 aromatic carbocycles. The SMILES string of the molecule is Cc1cc([N+](=O)[O-])cnc1Sc1ccc(CC(=O)O)cc1. The van der Waals surface area contributed by atoms with Crippen molar-refractivity contribution in [1.82, 2.24) is 4.98 Å². The summed E-state index contributed by atoms with van der Waals surface area (Å²) in [6, 6.07) is 8.60. The summed E-state index contributed by atoms with van der Waals surface area (Å²) in [5.74, 6) is -0.872. The molecule has 0 unspecified atom stereocenters. The Labute approximate surface area is 125 Å². The first-order valence-electron chi connectivity index (χ1n) is 6.05. The number of rotatable bonds is 5. The highest BCUT2D eigenvalue weighted by molar-refractivity contribution is 7.99. The fourth-order valence-corrected chi connectivity index (χ4v) is 2.54. The lowest BCUT2D eigenvalue weighted by molar-refractivity contribution is -0.385. The van der Waals surface area contributed by atoms with Crippen molar-refractivity contribution in [2.24, 2.45) is 0 Å². The third-order valence-corrected chi connectivity index (χ3v) is 3.85. The molecule has 6 nitrogen and oxygen atoms in total. The molecule has 2 aromatic rings. The maximum atomic E-state index is 10.7. The van der Waals surface area contributed by atoms with Gasteiger partial charge in [0.05, 0.1) is 11.3 Å². The van der Waals surface area contributed by atoms with Crippen LogP contribution in [0.2, 0.25) is 0 Å². The average molecular weight is 304 g/mol. The monoisotopic (exact) mass is 304 g/mol. The zero-order chi connectivity index (χ0) is 15.4. The van der Waals surface area contributed by atoms with Crippen LogP contribution in [-0.2, 0) is 11.2 Å². The van der Waals surface area contributed by atoms with Gasteiger partial charge >= 0.3 is 5.97 Å². The van der Waals surface area contributed by atoms with Crippen LogP contribution in [0.5, 0.6) is 0 Å². The lowest BCUT2D eigenvalue weighted by atomic mass is 10.2. The van der Waals surface area contributed by atoms with Gasteiger partial charge in [0.1, 0.15) is 11.2 Å². The molecule has 0 fully saturated rings. The third kappa shape index (κ3) is 4.03. The van der Waals surface area contributed by atoms with Crippen molar-refractivity contribution in [1.29, 1.82) is 0 Å². The summed E-state index contributed by atoms with van der Waals surface area (Å²) >= 11 is 1.38. The maximum Gasteiger partial charge on any atom is 0.307 e. The lowest BCUT2D eigenvalue weighted by Crippen LogP contribution is -1.99. The van der Waals surface area contributed by atoms with Crippen LogP contribution in [0.25, 0.3) is 0 Å². The van der Waals surface area contributed by atoms with E-state index in [0.717, 1.165) is 16.0 Å². The van der Waals surface area contributed by atoms with Gasteiger partial charge in [-0.15, -0.1) is 0 Å². The van der Waals surface area contributed by atoms with E-state index < -0.39 is 10.9 Å². The molecule has 2 rings (SSSR count). The van der Waals surface area contributed by atoms with Crippen molar-refractivity contribution in [2.75, 3.05) is 0 Å². The van der Waals surface area contributed by atoms with E-state index in [-0.39, 0.29) is 12.1 Å². The van der Waals surface area contributed by atoms with Crippen molar-refractivity contribution in [3.63, 3.8) is 0 Å². The number of nitro groups is 1. The second-order valence-corrected chi connectivity index (χ2v) is 5.45. The standard InChI is InChI=1S/C14H12N2O4S/c1-9-6-11(16(19)20)8-15-14(9)21-12-4-2-10(3-5-12)7-13(17)18/h2-6,8H,7H2,1H3,(H,17,18). The number of carboxylic acid groups (broad SMARTS) is 1. The molecule has 0 aliphatic rings. The van der Waals surface area contributed by atoms with Crippen LogP contribution in [0.4, 0.5) is 5.69 Å². The van der Waals surface area contributed by atoms with Crippen LogP contribution in [0.3, 0.4) is 0 Å². The van der Waals surface area contributed by atoms with E-state index in [0.29, 0.717) is 5.03 Å². The normalized spacial score (nSPS) is 10.3. The Kier molecular flexibility index (Phi) is 4.54. The van der Waals surface area contributed by atoms with Crippen LogP contribution in [0, 0.1) is 17.0 Å². The first-order valence-corrected chi connectivity index (χ1v) is 6.87. The molecule has 0 aliphatic carbocycles. The molecule has 0 radical (unpaired) electrons. The molecule has 0 spiro atoms. The second-order valence-electron chi connectivity index (χ2n) is 4.39. The first kappa shape index (κ1) is 15.0. The predicted molar refractivity (Wildman–Crippen MR) is 77.5 cm³/mol. The Morgan fingerprint density at radius 1 is 1.38 bits per heavy atom. The zero-order valence-electron chi connectivity index (χ0n) is 11.1. The van der Waals surface area contributed by atoms with Crippen LogP contribution in [-0.4, -0.2) is 21.0 Å². The number of benzene rings is 1. The molecule has 1 heterocycles. The maximum absolute atomic E-state index is 10.7. The van der Waals surface area contributed by atoms with Gasteiger partial charge < -0.3 is 5.11 Å². The van der Waals surface area contributed by atoms with E-state index in [1.807, 2.05) is 12.1 Å². The van der Waals surface area contributed by atoms with E-state index in [9.17, 15) is 14.9 Å². The molecular weight excluding hydrogens is 292 g/mol. The fraction of sp³-hybridized carbons (Fsp3) is 0.143. The molecule has 0 amide bonds. The van der Waals surface area contributed by atoms with Crippen molar-refractivity contribution >= 4 is 23.4 Å². The highest BCUT2D eigenvalue weighted by atomic mass is 32.2. The Hall–Kier alpha value is -2.41. The topological polar surface area (TPSA) is 93.3 Å². The number of aromatic nitrogens is 1. The van der Waals surface area contributed by atoms with Crippen molar-refractivity contribution in [3.8, 4) is 0 Å². The number of aliphatic carboxylic acids is 1. The number of pyridine rings is 1. The molecule has 21 heavy (non-hydrogen) atoms. The molecule has 108 valence electrons. The van der Waals surface area contributed by atoms with Crippen LogP contribution in [0.15, 0.2) is 46.5 Å². The lowest BCUT2D eigenvalue weighted by Gasteiger charge is -2.05. The zero-order valence-corrected chi connectivity index (χ0v) is 12.0. The molecule has 0 atom stereocenters. The minimum absolute atomic E-state index is 0.0141. The van der Waals surface area contributed by atoms with Crippen LogP contribution in [0.1, 0.15) is 11.1 Å². The minimum atomic E-state index is -0.872. The number of aryl methyl sites for hydroxylation is 1. The predicted octanol–water partition coefficient (Wildman–Crippen LogP) is 3.08. The van der Waals surface area contributed by atoms with Gasteiger partial charge in [0, 0.05) is 11.0 Å². The molecule has 1 aromatic heterocycles. The summed E-state index contributed by atoms with van der Waals surface area (Å²) in [7, 11) is 0. The Balaban J connectivity index is 2.14. The van der Waals surface area contributed by atoms with Gasteiger partial charge in [0.25, 0.3) is 5.69 Å². The summed E-state index contributed by atoms with van der Waals surface area (Å²) < 4.78 is 0. The summed E-state index contributed by atoms with van der Waals surface area (Å²) in [6.45, 7) is 1.77. The van der Waals surface area contributed by atoms with Crippen LogP contribution >= 0.6 is 11.8 Å². The number of nitrogens with zero attached hydrogens (tertiary/aromatic N) is 2. The Bertz CT molecular complexity index is 686. The molecule has 0 saturated heterocycles. The molecule has 0 bridgehead atoms. The molecule has 7 heteroatoms. The third-order valence-electron chi connectivity index (χ3n) is 2.72. The van der Waals surface area contributed by atoms with E-state index in [1.165, 1.54) is 24.0 Å². The van der Waals surface area contributed by atoms with E-state index in [4.69, 9.17) is 5.11 Å². The highest BCUT2D eigenvalue weighted by Crippen LogP contribution is 2.30. The van der Waals surface area contributed by atoms with E-state index in [1.54, 1.807) is 19.1 Å². The number of hydrogen-bond acceptors (Lipinski definition) is 5. The average Bonchev–Trinajstić information content (AvgIpc) is 2.42. The Morgan fingerprint density at radius 2 is 2.05 bits per heavy atom. The van der Waals surface area contributed by atoms with Crippen molar-refractivity contribution in [3.05, 3.63) is 57.8 Å². The van der Waals surface area contributed by atoms with Crippen molar-refractivity contribution in [2.45, 2.75) is 23.3 Å². The fourth-order valence-electron chi connectivity index (χ4n) is 1.72. The van der Waals surface area contributed by atoms with E-state index in [2.05, 4.69) is 4.98 Å². The van der Waals surface area contributed by atoms with Gasteiger partial charge in [0.15, 0.2) is 0 Å². The summed E-state index contributed by atoms with van der Waals surface area (Å²) in [5, 5.41) is 20.1. The summed E-state index contributed by atoms with van der Waals surface area (Å²) in [6.07, 6.45) is 1.22. The number of carbonyl (C=O) groups is 1. The Morgan fingerprint density at radius 3 is 2.57 bits per heavy atom. The van der Waals surface area contributed by atoms with Gasteiger partial charge in [-0.2, -0.15) is 0 Å².